The highest BCUT2D eigenvalue weighted by Crippen LogP contribution is 2.37. The molecule has 246 valence electrons. The Balaban J connectivity index is 1.49. The van der Waals surface area contributed by atoms with Crippen molar-refractivity contribution in [2.75, 3.05) is 26.2 Å². The van der Waals surface area contributed by atoms with Gasteiger partial charge in [-0.05, 0) is 80.3 Å². The van der Waals surface area contributed by atoms with Crippen molar-refractivity contribution in [2.45, 2.75) is 45.1 Å². The Labute approximate surface area is 295 Å². The van der Waals surface area contributed by atoms with Gasteiger partial charge in [-0.3, -0.25) is 10.2 Å². The smallest absolute Gasteiger partial charge is 0.283 e. The molecule has 0 saturated carbocycles. The molecule has 2 aromatic carbocycles. The van der Waals surface area contributed by atoms with Crippen LogP contribution in [0.5, 0.6) is 0 Å². The Hall–Kier alpha value is -2.92. The number of hydrogen-bond acceptors (Lipinski definition) is 7. The first-order valence-corrected chi connectivity index (χ1v) is 18.5. The number of hydrazine groups is 2. The van der Waals surface area contributed by atoms with E-state index in [1.165, 1.54) is 15.8 Å². The van der Waals surface area contributed by atoms with Crippen LogP contribution in [0.15, 0.2) is 54.6 Å². The Kier molecular flexibility index (Phi) is 11.2. The van der Waals surface area contributed by atoms with E-state index in [9.17, 15) is 13.2 Å². The van der Waals surface area contributed by atoms with Crippen LogP contribution < -0.4 is 5.43 Å². The molecule has 1 amide bonds. The molecule has 2 aliphatic heterocycles. The second kappa shape index (κ2) is 15.5. The third-order valence-electron chi connectivity index (χ3n) is 8.11. The maximum atomic E-state index is 14.0. The Morgan fingerprint density at radius 1 is 0.872 bits per heavy atom. The van der Waals surface area contributed by atoms with Gasteiger partial charge in [-0.25, -0.2) is 23.1 Å². The zero-order valence-electron chi connectivity index (χ0n) is 25.4. The second-order valence-electron chi connectivity index (χ2n) is 11.4. The third kappa shape index (κ3) is 8.21. The van der Waals surface area contributed by atoms with Crippen LogP contribution in [0.4, 0.5) is 0 Å². The summed E-state index contributed by atoms with van der Waals surface area (Å²) in [6.07, 6.45) is 5.86. The third-order valence-corrected chi connectivity index (χ3v) is 10.7. The molecule has 47 heavy (non-hydrogen) atoms. The predicted molar refractivity (Wildman–Crippen MR) is 189 cm³/mol. The van der Waals surface area contributed by atoms with E-state index in [-0.39, 0.29) is 12.2 Å². The van der Waals surface area contributed by atoms with E-state index in [2.05, 4.69) is 17.3 Å². The number of aromatic nitrogens is 2. The van der Waals surface area contributed by atoms with Crippen LogP contribution in [0, 0.1) is 11.8 Å². The zero-order chi connectivity index (χ0) is 32.9. The van der Waals surface area contributed by atoms with Crippen molar-refractivity contribution >= 4 is 62.9 Å². The summed E-state index contributed by atoms with van der Waals surface area (Å²) in [7, 11) is -3.02. The molecule has 0 aliphatic carbocycles. The fourth-order valence-electron chi connectivity index (χ4n) is 5.78. The largest absolute Gasteiger partial charge is 0.286 e. The number of nitrogens with one attached hydrogen (secondary N) is 1. The molecule has 14 heteroatoms. The van der Waals surface area contributed by atoms with Gasteiger partial charge in [-0.15, -0.1) is 15.8 Å². The van der Waals surface area contributed by atoms with Gasteiger partial charge < -0.3 is 0 Å². The number of carbonyl (C=O) groups is 1. The molecular weight excluding hydrogens is 699 g/mol. The molecule has 0 bridgehead atoms. The van der Waals surface area contributed by atoms with Crippen LogP contribution in [-0.2, 0) is 17.4 Å². The van der Waals surface area contributed by atoms with E-state index >= 15 is 0 Å². The number of rotatable bonds is 8. The van der Waals surface area contributed by atoms with Crippen LogP contribution >= 0.6 is 46.1 Å². The van der Waals surface area contributed by atoms with Gasteiger partial charge in [-0.1, -0.05) is 59.5 Å². The van der Waals surface area contributed by atoms with Crippen molar-refractivity contribution < 1.29 is 13.2 Å². The van der Waals surface area contributed by atoms with Crippen LogP contribution in [0.3, 0.4) is 0 Å². The molecule has 1 N–H and O–H groups in total. The molecule has 0 spiro atoms. The second-order valence-corrected chi connectivity index (χ2v) is 14.7. The Morgan fingerprint density at radius 2 is 1.55 bits per heavy atom. The normalized spacial score (nSPS) is 15.9. The van der Waals surface area contributed by atoms with Gasteiger partial charge in [0.15, 0.2) is 5.69 Å². The van der Waals surface area contributed by atoms with Gasteiger partial charge in [0, 0.05) is 47.4 Å². The van der Waals surface area contributed by atoms with Gasteiger partial charge in [0.2, 0.25) is 10.9 Å². The summed E-state index contributed by atoms with van der Waals surface area (Å²) in [5, 5.41) is 10.0. The van der Waals surface area contributed by atoms with E-state index in [0.717, 1.165) is 66.9 Å². The molecule has 4 heterocycles. The fraction of sp³-hybridized carbons (Fsp3) is 0.333. The number of thiophene rings is 1. The average molecular weight is 732 g/mol. The minimum Gasteiger partial charge on any atom is -0.283 e. The maximum absolute atomic E-state index is 14.0. The van der Waals surface area contributed by atoms with E-state index in [1.54, 1.807) is 35.0 Å². The van der Waals surface area contributed by atoms with Crippen LogP contribution in [-0.4, -0.2) is 64.7 Å². The van der Waals surface area contributed by atoms with Gasteiger partial charge >= 0.3 is 0 Å². The summed E-state index contributed by atoms with van der Waals surface area (Å²) in [5.74, 6) is 5.97. The van der Waals surface area contributed by atoms with E-state index in [0.29, 0.717) is 45.1 Å². The average Bonchev–Trinajstić information content (AvgIpc) is 3.69. The van der Waals surface area contributed by atoms with Crippen molar-refractivity contribution in [3.8, 4) is 28.1 Å². The minimum atomic E-state index is -3.02. The van der Waals surface area contributed by atoms with Crippen molar-refractivity contribution in [3.63, 3.8) is 0 Å². The highest BCUT2D eigenvalue weighted by molar-refractivity contribution is 7.69. The van der Waals surface area contributed by atoms with Gasteiger partial charge in [0.05, 0.1) is 32.7 Å². The van der Waals surface area contributed by atoms with E-state index < -0.39 is 16.8 Å². The standard InChI is InChI=1S/C33H33Cl3N6O3S2/c34-24-10-7-23(8-11-24)9-13-26-14-16-30(46-26)32-27(22-41(47(44)45)40-19-5-2-6-20-40)31(33(43)38-39-17-3-1-4-18-39)37-42(32)29-15-12-25(35)21-28(29)36/h7-8,10-12,14-16,21,47H,1-6,17-20,22H2,(H,38,43). The number of benzene rings is 2. The number of carbonyl (C=O) groups excluding carboxylic acids is 1. The molecule has 0 radical (unpaired) electrons. The maximum Gasteiger partial charge on any atom is 0.286 e. The lowest BCUT2D eigenvalue weighted by Crippen LogP contribution is -2.46. The molecule has 0 unspecified atom stereocenters. The van der Waals surface area contributed by atoms with Gasteiger partial charge in [-0.2, -0.15) is 5.10 Å². The molecule has 2 saturated heterocycles. The van der Waals surface area contributed by atoms with Crippen molar-refractivity contribution in [1.82, 2.24) is 29.6 Å². The van der Waals surface area contributed by atoms with Crippen molar-refractivity contribution in [2.24, 2.45) is 0 Å². The molecule has 0 atom stereocenters. The summed E-state index contributed by atoms with van der Waals surface area (Å²) in [4.78, 5) is 15.5. The first-order chi connectivity index (χ1) is 22.8. The van der Waals surface area contributed by atoms with Crippen LogP contribution in [0.1, 0.15) is 65.0 Å². The summed E-state index contributed by atoms with van der Waals surface area (Å²) in [6.45, 7) is 2.59. The number of amides is 1. The number of hydrogen-bond donors (Lipinski definition) is 2. The van der Waals surface area contributed by atoms with Crippen molar-refractivity contribution in [1.29, 1.82) is 0 Å². The number of piperidine rings is 2. The summed E-state index contributed by atoms with van der Waals surface area (Å²) in [6, 6.07) is 16.1. The zero-order valence-corrected chi connectivity index (χ0v) is 29.4. The number of thiol groups is 1. The van der Waals surface area contributed by atoms with E-state index in [4.69, 9.17) is 39.9 Å². The molecule has 2 fully saturated rings. The quantitative estimate of drug-likeness (QED) is 0.153. The Bertz CT molecular complexity index is 1880. The molecule has 6 rings (SSSR count). The van der Waals surface area contributed by atoms with E-state index in [1.807, 2.05) is 34.3 Å². The molecule has 2 aromatic heterocycles. The molecule has 2 aliphatic rings. The lowest BCUT2D eigenvalue weighted by molar-refractivity contribution is 0.0361. The molecule has 9 nitrogen and oxygen atoms in total. The minimum absolute atomic E-state index is 0.0777. The van der Waals surface area contributed by atoms with Crippen molar-refractivity contribution in [3.05, 3.63) is 91.4 Å². The molecule has 4 aromatic rings. The summed E-state index contributed by atoms with van der Waals surface area (Å²) >= 11 is 20.4. The van der Waals surface area contributed by atoms with Crippen LogP contribution in [0.2, 0.25) is 15.1 Å². The fourth-order valence-corrected chi connectivity index (χ4v) is 7.95. The van der Waals surface area contributed by atoms with Gasteiger partial charge in [0.25, 0.3) is 5.91 Å². The SMILES string of the molecule is O=C(NN1CCCCC1)c1nn(-c2ccc(Cl)cc2Cl)c(-c2ccc(C#Cc3ccc(Cl)cc3)s2)c1CN(N1CCCCC1)[SH](=O)=O. The topological polar surface area (TPSA) is 90.8 Å². The lowest BCUT2D eigenvalue weighted by atomic mass is 10.1. The highest BCUT2D eigenvalue weighted by Gasteiger charge is 2.31. The van der Waals surface area contributed by atoms with Gasteiger partial charge in [0.1, 0.15) is 0 Å². The molecular formula is C33H33Cl3N6O3S2. The number of halogens is 3. The Morgan fingerprint density at radius 3 is 2.23 bits per heavy atom. The first kappa shape index (κ1) is 34.0. The highest BCUT2D eigenvalue weighted by atomic mass is 35.5. The summed E-state index contributed by atoms with van der Waals surface area (Å²) in [5.41, 5.74) is 5.49. The monoisotopic (exact) mass is 730 g/mol. The van der Waals surface area contributed by atoms with Crippen LogP contribution in [0.25, 0.3) is 16.3 Å². The lowest BCUT2D eigenvalue weighted by Gasteiger charge is -2.33. The summed E-state index contributed by atoms with van der Waals surface area (Å²) < 4.78 is 28.5. The number of nitrogens with zero attached hydrogens (tertiary/aromatic N) is 5. The predicted octanol–water partition coefficient (Wildman–Crippen LogP) is 6.82. The first-order valence-electron chi connectivity index (χ1n) is 15.4.